The molecule has 1 heterocycles. The Morgan fingerprint density at radius 2 is 2.19 bits per heavy atom. The van der Waals surface area contributed by atoms with E-state index in [1.807, 2.05) is 30.3 Å². The highest BCUT2D eigenvalue weighted by Crippen LogP contribution is 2.16. The Morgan fingerprint density at radius 3 is 2.88 bits per heavy atom. The Labute approximate surface area is 109 Å². The molecule has 0 aromatic heterocycles. The van der Waals surface area contributed by atoms with Crippen LogP contribution in [0.15, 0.2) is 30.3 Å². The van der Waals surface area contributed by atoms with Gasteiger partial charge in [0.25, 0.3) is 5.91 Å². The van der Waals surface area contributed by atoms with E-state index in [-0.39, 0.29) is 18.1 Å². The predicted molar refractivity (Wildman–Crippen MR) is 70.9 cm³/mol. The molecule has 3 nitrogen and oxygen atoms in total. The van der Waals surface area contributed by atoms with Crippen LogP contribution in [-0.2, 0) is 4.74 Å². The van der Waals surface area contributed by atoms with Gasteiger partial charge in [0.2, 0.25) is 0 Å². The Hall–Kier alpha value is -0.620. The molecule has 0 unspecified atom stereocenters. The predicted octanol–water partition coefficient (Wildman–Crippen LogP) is 2.01. The molecule has 1 amide bonds. The minimum atomic E-state index is -0.00838. The number of amides is 1. The summed E-state index contributed by atoms with van der Waals surface area (Å²) in [5.74, 6) is -0.00838. The highest BCUT2D eigenvalue weighted by molar-refractivity contribution is 14.1. The lowest BCUT2D eigenvalue weighted by Gasteiger charge is -2.17. The van der Waals surface area contributed by atoms with Crippen LogP contribution in [-0.4, -0.2) is 29.1 Å². The van der Waals surface area contributed by atoms with Crippen molar-refractivity contribution < 1.29 is 9.53 Å². The molecule has 0 bridgehead atoms. The third-order valence-corrected chi connectivity index (χ3v) is 3.58. The molecule has 1 N–H and O–H groups in total. The Kier molecular flexibility index (Phi) is 4.17. The molecule has 1 aliphatic heterocycles. The number of ether oxygens (including phenoxy) is 1. The maximum atomic E-state index is 11.9. The van der Waals surface area contributed by atoms with E-state index in [4.69, 9.17) is 4.74 Å². The van der Waals surface area contributed by atoms with Crippen LogP contribution in [0.4, 0.5) is 0 Å². The quantitative estimate of drug-likeness (QED) is 0.680. The van der Waals surface area contributed by atoms with Crippen molar-refractivity contribution in [2.45, 2.75) is 18.6 Å². The van der Waals surface area contributed by atoms with Crippen LogP contribution >= 0.6 is 22.6 Å². The maximum absolute atomic E-state index is 11.9. The van der Waals surface area contributed by atoms with Crippen molar-refractivity contribution in [1.29, 1.82) is 0 Å². The monoisotopic (exact) mass is 331 g/mol. The van der Waals surface area contributed by atoms with Gasteiger partial charge in [-0.25, -0.2) is 0 Å². The van der Waals surface area contributed by atoms with Crippen LogP contribution in [0.25, 0.3) is 0 Å². The molecule has 1 aromatic rings. The number of rotatable bonds is 3. The second-order valence-electron chi connectivity index (χ2n) is 3.80. The molecule has 0 aliphatic carbocycles. The largest absolute Gasteiger partial charge is 0.375 e. The van der Waals surface area contributed by atoms with Gasteiger partial charge in [-0.3, -0.25) is 4.79 Å². The molecule has 16 heavy (non-hydrogen) atoms. The van der Waals surface area contributed by atoms with E-state index in [1.54, 1.807) is 0 Å². The van der Waals surface area contributed by atoms with Crippen LogP contribution in [0.1, 0.15) is 16.8 Å². The number of alkyl halides is 1. The second-order valence-corrected chi connectivity index (χ2v) is 4.68. The standard InChI is InChI=1S/C12H14INO2/c13-8-11-10(6-7-16-11)14-12(15)9-4-2-1-3-5-9/h1-5,10-11H,6-8H2,(H,14,15)/t10-,11+/m1/s1. The highest BCUT2D eigenvalue weighted by Gasteiger charge is 2.28. The molecular formula is C12H14INO2. The highest BCUT2D eigenvalue weighted by atomic mass is 127. The van der Waals surface area contributed by atoms with Gasteiger partial charge in [0.15, 0.2) is 0 Å². The molecule has 1 aliphatic rings. The summed E-state index contributed by atoms with van der Waals surface area (Å²) in [5, 5.41) is 3.03. The lowest BCUT2D eigenvalue weighted by molar-refractivity contribution is 0.0878. The summed E-state index contributed by atoms with van der Waals surface area (Å²) in [6, 6.07) is 9.45. The van der Waals surface area contributed by atoms with Gasteiger partial charge >= 0.3 is 0 Å². The van der Waals surface area contributed by atoms with E-state index in [0.717, 1.165) is 17.5 Å². The number of nitrogens with one attached hydrogen (secondary N) is 1. The summed E-state index contributed by atoms with van der Waals surface area (Å²) < 4.78 is 6.44. The van der Waals surface area contributed by atoms with Gasteiger partial charge < -0.3 is 10.1 Å². The lowest BCUT2D eigenvalue weighted by atomic mass is 10.1. The summed E-state index contributed by atoms with van der Waals surface area (Å²) in [5.41, 5.74) is 0.710. The van der Waals surface area contributed by atoms with Crippen molar-refractivity contribution in [1.82, 2.24) is 5.32 Å². The van der Waals surface area contributed by atoms with Crippen LogP contribution < -0.4 is 5.32 Å². The van der Waals surface area contributed by atoms with Crippen molar-refractivity contribution in [2.75, 3.05) is 11.0 Å². The first-order valence-electron chi connectivity index (χ1n) is 5.34. The minimum absolute atomic E-state index is 0.00838. The van der Waals surface area contributed by atoms with E-state index in [2.05, 4.69) is 27.9 Å². The smallest absolute Gasteiger partial charge is 0.251 e. The Bertz CT molecular complexity index is 355. The molecule has 1 fully saturated rings. The van der Waals surface area contributed by atoms with Gasteiger partial charge in [-0.15, -0.1) is 0 Å². The van der Waals surface area contributed by atoms with Gasteiger partial charge in [-0.2, -0.15) is 0 Å². The molecular weight excluding hydrogens is 317 g/mol. The number of benzene rings is 1. The Balaban J connectivity index is 1.97. The first-order chi connectivity index (χ1) is 7.81. The number of halogens is 1. The zero-order valence-corrected chi connectivity index (χ0v) is 11.0. The first kappa shape index (κ1) is 11.9. The number of hydrogen-bond donors (Lipinski definition) is 1. The van der Waals surface area contributed by atoms with E-state index < -0.39 is 0 Å². The SMILES string of the molecule is O=C(N[C@@H]1CCO[C@H]1CI)c1ccccc1. The number of carbonyl (C=O) groups is 1. The molecule has 0 saturated carbocycles. The fourth-order valence-corrected chi connectivity index (χ4v) is 2.67. The van der Waals surface area contributed by atoms with Crippen molar-refractivity contribution >= 4 is 28.5 Å². The summed E-state index contributed by atoms with van der Waals surface area (Å²) in [7, 11) is 0. The van der Waals surface area contributed by atoms with Crippen molar-refractivity contribution in [3.63, 3.8) is 0 Å². The summed E-state index contributed by atoms with van der Waals surface area (Å²) in [4.78, 5) is 11.9. The zero-order chi connectivity index (χ0) is 11.4. The minimum Gasteiger partial charge on any atom is -0.375 e. The average Bonchev–Trinajstić information content (AvgIpc) is 2.77. The van der Waals surface area contributed by atoms with Gasteiger partial charge in [-0.1, -0.05) is 40.8 Å². The number of carbonyl (C=O) groups excluding carboxylic acids is 1. The van der Waals surface area contributed by atoms with Crippen LogP contribution in [0, 0.1) is 0 Å². The van der Waals surface area contributed by atoms with E-state index in [1.165, 1.54) is 0 Å². The lowest BCUT2D eigenvalue weighted by Crippen LogP contribution is -2.41. The first-order valence-corrected chi connectivity index (χ1v) is 6.87. The van der Waals surface area contributed by atoms with Crippen molar-refractivity contribution in [2.24, 2.45) is 0 Å². The molecule has 1 aromatic carbocycles. The summed E-state index contributed by atoms with van der Waals surface area (Å²) in [6.45, 7) is 0.743. The van der Waals surface area contributed by atoms with Gasteiger partial charge in [-0.05, 0) is 18.6 Å². The normalized spacial score (nSPS) is 24.3. The summed E-state index contributed by atoms with van der Waals surface area (Å²) in [6.07, 6.45) is 1.07. The third-order valence-electron chi connectivity index (χ3n) is 2.71. The third kappa shape index (κ3) is 2.74. The van der Waals surface area contributed by atoms with Crippen LogP contribution in [0.3, 0.4) is 0 Å². The van der Waals surface area contributed by atoms with Crippen LogP contribution in [0.2, 0.25) is 0 Å². The molecule has 1 saturated heterocycles. The average molecular weight is 331 g/mol. The van der Waals surface area contributed by atoms with E-state index >= 15 is 0 Å². The molecule has 2 rings (SSSR count). The molecule has 86 valence electrons. The second kappa shape index (κ2) is 5.63. The van der Waals surface area contributed by atoms with Crippen molar-refractivity contribution in [3.05, 3.63) is 35.9 Å². The Morgan fingerprint density at radius 1 is 1.44 bits per heavy atom. The van der Waals surface area contributed by atoms with E-state index in [9.17, 15) is 4.79 Å². The zero-order valence-electron chi connectivity index (χ0n) is 8.86. The molecule has 4 heteroatoms. The van der Waals surface area contributed by atoms with Gasteiger partial charge in [0.1, 0.15) is 0 Å². The fourth-order valence-electron chi connectivity index (χ4n) is 1.81. The fraction of sp³-hybridized carbons (Fsp3) is 0.417. The van der Waals surface area contributed by atoms with Crippen molar-refractivity contribution in [3.8, 4) is 0 Å². The maximum Gasteiger partial charge on any atom is 0.251 e. The summed E-state index contributed by atoms with van der Waals surface area (Å²) >= 11 is 2.29. The topological polar surface area (TPSA) is 38.3 Å². The molecule has 2 atom stereocenters. The van der Waals surface area contributed by atoms with Gasteiger partial charge in [0, 0.05) is 16.6 Å². The van der Waals surface area contributed by atoms with E-state index in [0.29, 0.717) is 5.56 Å². The van der Waals surface area contributed by atoms with Crippen LogP contribution in [0.5, 0.6) is 0 Å². The molecule has 0 spiro atoms. The number of hydrogen-bond acceptors (Lipinski definition) is 2. The molecule has 0 radical (unpaired) electrons. The van der Waals surface area contributed by atoms with Gasteiger partial charge in [0.05, 0.1) is 12.1 Å².